The predicted molar refractivity (Wildman–Crippen MR) is 50.9 cm³/mol. The van der Waals surface area contributed by atoms with Gasteiger partial charge in [0.1, 0.15) is 5.71 Å². The molecule has 0 spiro atoms. The summed E-state index contributed by atoms with van der Waals surface area (Å²) in [6, 6.07) is 0. The monoisotopic (exact) mass is 182 g/mol. The lowest BCUT2D eigenvalue weighted by atomic mass is 10.1. The largest absolute Gasteiger partial charge is 0.304 e. The lowest BCUT2D eigenvalue weighted by Gasteiger charge is -2.18. The summed E-state index contributed by atoms with van der Waals surface area (Å²) < 4.78 is 0. The number of amidine groups is 1. The van der Waals surface area contributed by atoms with Crippen LogP contribution in [0.5, 0.6) is 0 Å². The Balaban J connectivity index is 2.67. The van der Waals surface area contributed by atoms with Crippen molar-refractivity contribution in [3.05, 3.63) is 0 Å². The molecule has 6 nitrogen and oxygen atoms in total. The molecule has 4 N–H and O–H groups in total. The number of nitrogens with zero attached hydrogens (tertiary/aromatic N) is 3. The Kier molecular flexibility index (Phi) is 2.42. The molecule has 0 aromatic heterocycles. The lowest BCUT2D eigenvalue weighted by molar-refractivity contribution is 0.440. The van der Waals surface area contributed by atoms with Crippen LogP contribution in [0, 0.1) is 5.41 Å². The van der Waals surface area contributed by atoms with E-state index in [9.17, 15) is 0 Å². The van der Waals surface area contributed by atoms with Crippen molar-refractivity contribution < 1.29 is 0 Å². The molecule has 1 atom stereocenters. The maximum Gasteiger partial charge on any atom is 0.194 e. The fraction of sp³-hybridized carbons (Fsp3) is 0.714. The molecule has 6 heteroatoms. The van der Waals surface area contributed by atoms with Crippen LogP contribution in [-0.2, 0) is 0 Å². The topological polar surface area (TPSA) is 99.0 Å². The van der Waals surface area contributed by atoms with Crippen molar-refractivity contribution >= 4 is 11.5 Å². The van der Waals surface area contributed by atoms with Gasteiger partial charge < -0.3 is 11.2 Å². The van der Waals surface area contributed by atoms with E-state index < -0.39 is 6.17 Å². The van der Waals surface area contributed by atoms with Crippen LogP contribution in [0.25, 0.3) is 0 Å². The second kappa shape index (κ2) is 3.21. The maximum absolute atomic E-state index is 7.33. The first-order valence-electron chi connectivity index (χ1n) is 4.00. The second-order valence-electron chi connectivity index (χ2n) is 3.87. The number of nitrogens with two attached hydrogens (primary N) is 1. The van der Waals surface area contributed by atoms with E-state index >= 15 is 0 Å². The van der Waals surface area contributed by atoms with Gasteiger partial charge in [0, 0.05) is 5.54 Å². The van der Waals surface area contributed by atoms with Gasteiger partial charge in [0.25, 0.3) is 0 Å². The van der Waals surface area contributed by atoms with Crippen LogP contribution in [0.3, 0.4) is 0 Å². The highest BCUT2D eigenvalue weighted by Gasteiger charge is 2.22. The van der Waals surface area contributed by atoms with Crippen LogP contribution in [0.2, 0.25) is 0 Å². The minimum absolute atomic E-state index is 0.0317. The Hall–Kier alpha value is -1.30. The molecule has 1 rings (SSSR count). The predicted octanol–water partition coefficient (Wildman–Crippen LogP) is 0.458. The zero-order valence-electron chi connectivity index (χ0n) is 8.00. The van der Waals surface area contributed by atoms with Crippen molar-refractivity contribution in [1.29, 1.82) is 5.41 Å². The van der Waals surface area contributed by atoms with Gasteiger partial charge in [-0.1, -0.05) is 0 Å². The first-order valence-corrected chi connectivity index (χ1v) is 4.00. The third-order valence-corrected chi connectivity index (χ3v) is 1.32. The van der Waals surface area contributed by atoms with Gasteiger partial charge in [-0.15, -0.1) is 5.11 Å². The van der Waals surface area contributed by atoms with Crippen LogP contribution < -0.4 is 11.2 Å². The molecular weight excluding hydrogens is 168 g/mol. The van der Waals surface area contributed by atoms with E-state index in [1.165, 1.54) is 0 Å². The summed E-state index contributed by atoms with van der Waals surface area (Å²) in [7, 11) is 0. The Labute approximate surface area is 76.8 Å². The van der Waals surface area contributed by atoms with Crippen LogP contribution >= 0.6 is 0 Å². The smallest absolute Gasteiger partial charge is 0.194 e. The van der Waals surface area contributed by atoms with Gasteiger partial charge in [0.2, 0.25) is 0 Å². The SMILES string of the molecule is CC(C)(C)NN=C1C(=N)N=NC1N. The molecule has 0 bridgehead atoms. The van der Waals surface area contributed by atoms with Gasteiger partial charge in [-0.25, -0.2) is 0 Å². The van der Waals surface area contributed by atoms with Crippen molar-refractivity contribution in [2.24, 2.45) is 21.1 Å². The average molecular weight is 182 g/mol. The Morgan fingerprint density at radius 3 is 2.54 bits per heavy atom. The number of nitrogens with one attached hydrogen (secondary N) is 2. The molecule has 0 saturated carbocycles. The summed E-state index contributed by atoms with van der Waals surface area (Å²) in [5.74, 6) is 0.0317. The fourth-order valence-corrected chi connectivity index (χ4v) is 0.713. The van der Waals surface area contributed by atoms with Crippen molar-refractivity contribution in [3.63, 3.8) is 0 Å². The third kappa shape index (κ3) is 2.59. The van der Waals surface area contributed by atoms with Gasteiger partial charge in [0.15, 0.2) is 12.0 Å². The summed E-state index contributed by atoms with van der Waals surface area (Å²) in [6.07, 6.45) is -0.595. The summed E-state index contributed by atoms with van der Waals surface area (Å²) in [5, 5.41) is 18.4. The maximum atomic E-state index is 7.33. The standard InChI is InChI=1S/C7H14N6/c1-7(2,3)13-10-4-5(8)11-12-6(4)9/h5,9,13H,8H2,1-3H3. The van der Waals surface area contributed by atoms with Crippen molar-refractivity contribution in [2.45, 2.75) is 32.5 Å². The lowest BCUT2D eigenvalue weighted by Crippen LogP contribution is -2.36. The normalized spacial score (nSPS) is 25.7. The van der Waals surface area contributed by atoms with E-state index in [0.29, 0.717) is 5.71 Å². The summed E-state index contributed by atoms with van der Waals surface area (Å²) in [5.41, 5.74) is 8.64. The highest BCUT2D eigenvalue weighted by molar-refractivity contribution is 6.43. The quantitative estimate of drug-likeness (QED) is 0.513. The van der Waals surface area contributed by atoms with Crippen molar-refractivity contribution in [3.8, 4) is 0 Å². The zero-order valence-corrected chi connectivity index (χ0v) is 8.00. The molecule has 72 valence electrons. The van der Waals surface area contributed by atoms with Crippen LogP contribution in [0.15, 0.2) is 15.3 Å². The molecule has 0 saturated heterocycles. The second-order valence-corrected chi connectivity index (χ2v) is 3.87. The summed E-state index contributed by atoms with van der Waals surface area (Å²) in [6.45, 7) is 5.90. The third-order valence-electron chi connectivity index (χ3n) is 1.32. The highest BCUT2D eigenvalue weighted by Crippen LogP contribution is 2.04. The Bertz CT molecular complexity index is 271. The van der Waals surface area contributed by atoms with Crippen molar-refractivity contribution in [1.82, 2.24) is 5.43 Å². The molecule has 1 aliphatic heterocycles. The molecule has 0 radical (unpaired) electrons. The molecule has 13 heavy (non-hydrogen) atoms. The first-order chi connectivity index (χ1) is 5.90. The minimum atomic E-state index is -0.595. The van der Waals surface area contributed by atoms with E-state index in [1.807, 2.05) is 20.8 Å². The molecule has 0 aliphatic carbocycles. The van der Waals surface area contributed by atoms with Crippen LogP contribution in [0.4, 0.5) is 0 Å². The number of hydrazone groups is 1. The van der Waals surface area contributed by atoms with Crippen LogP contribution in [-0.4, -0.2) is 23.3 Å². The van der Waals surface area contributed by atoms with Crippen molar-refractivity contribution in [2.75, 3.05) is 0 Å². The fourth-order valence-electron chi connectivity index (χ4n) is 0.713. The number of rotatable bonds is 1. The van der Waals surface area contributed by atoms with Gasteiger partial charge in [-0.2, -0.15) is 10.2 Å². The van der Waals surface area contributed by atoms with E-state index in [2.05, 4.69) is 20.8 Å². The molecule has 0 fully saturated rings. The molecule has 0 aromatic carbocycles. The van der Waals surface area contributed by atoms with Gasteiger partial charge in [0.05, 0.1) is 0 Å². The summed E-state index contributed by atoms with van der Waals surface area (Å²) >= 11 is 0. The van der Waals surface area contributed by atoms with E-state index in [0.717, 1.165) is 0 Å². The van der Waals surface area contributed by atoms with E-state index in [4.69, 9.17) is 11.1 Å². The van der Waals surface area contributed by atoms with E-state index in [-0.39, 0.29) is 11.4 Å². The molecule has 0 aromatic rings. The number of azo groups is 1. The Morgan fingerprint density at radius 1 is 1.54 bits per heavy atom. The average Bonchev–Trinajstić information content (AvgIpc) is 2.27. The Morgan fingerprint density at radius 2 is 2.15 bits per heavy atom. The number of hydrogen-bond donors (Lipinski definition) is 3. The first kappa shape index (κ1) is 9.79. The van der Waals surface area contributed by atoms with E-state index in [1.54, 1.807) is 0 Å². The molecular formula is C7H14N6. The molecule has 1 unspecified atom stereocenters. The highest BCUT2D eigenvalue weighted by atomic mass is 15.4. The van der Waals surface area contributed by atoms with Crippen LogP contribution in [0.1, 0.15) is 20.8 Å². The van der Waals surface area contributed by atoms with Gasteiger partial charge in [-0.05, 0) is 20.8 Å². The van der Waals surface area contributed by atoms with Gasteiger partial charge in [-0.3, -0.25) is 5.41 Å². The summed E-state index contributed by atoms with van der Waals surface area (Å²) in [4.78, 5) is 0. The zero-order chi connectivity index (χ0) is 10.1. The molecule has 1 heterocycles. The van der Waals surface area contributed by atoms with Gasteiger partial charge >= 0.3 is 0 Å². The number of hydrogen-bond acceptors (Lipinski definition) is 5. The molecule has 0 amide bonds. The minimum Gasteiger partial charge on any atom is -0.304 e. The molecule has 1 aliphatic rings.